The summed E-state index contributed by atoms with van der Waals surface area (Å²) >= 11 is 0. The molecule has 0 spiro atoms. The van der Waals surface area contributed by atoms with Crippen molar-refractivity contribution in [2.45, 2.75) is 12.5 Å². The van der Waals surface area contributed by atoms with Crippen molar-refractivity contribution in [1.82, 2.24) is 10.0 Å². The average Bonchev–Trinajstić information content (AvgIpc) is 3.11. The Hall–Kier alpha value is -3.48. The van der Waals surface area contributed by atoms with Gasteiger partial charge >= 0.3 is 5.97 Å². The summed E-state index contributed by atoms with van der Waals surface area (Å²) in [7, 11) is 0. The van der Waals surface area contributed by atoms with Gasteiger partial charge in [-0.05, 0) is 5.56 Å². The first-order valence-electron chi connectivity index (χ1n) is 8.23. The van der Waals surface area contributed by atoms with Crippen LogP contribution in [0.1, 0.15) is 17.5 Å². The summed E-state index contributed by atoms with van der Waals surface area (Å²) in [5, 5.41) is 20.6. The first-order chi connectivity index (χ1) is 12.6. The zero-order chi connectivity index (χ0) is 18.1. The molecule has 0 saturated heterocycles. The van der Waals surface area contributed by atoms with Gasteiger partial charge in [-0.25, -0.2) is 10.0 Å². The molecule has 0 saturated carbocycles. The summed E-state index contributed by atoms with van der Waals surface area (Å²) < 4.78 is 0. The number of aliphatic carboxylic acids is 1. The highest BCUT2D eigenvalue weighted by Gasteiger charge is 2.42. The van der Waals surface area contributed by atoms with E-state index in [1.165, 1.54) is 0 Å². The molecule has 7 nitrogen and oxygen atoms in total. The molecule has 2 heterocycles. The molecular formula is C19H16N4O3. The van der Waals surface area contributed by atoms with Gasteiger partial charge < -0.3 is 5.11 Å². The molecule has 0 fully saturated rings. The molecule has 0 bridgehead atoms. The summed E-state index contributed by atoms with van der Waals surface area (Å²) in [6.07, 6.45) is 0.408. The van der Waals surface area contributed by atoms with Crippen molar-refractivity contribution in [3.05, 3.63) is 71.8 Å². The van der Waals surface area contributed by atoms with Crippen molar-refractivity contribution in [1.29, 1.82) is 0 Å². The van der Waals surface area contributed by atoms with Crippen molar-refractivity contribution < 1.29 is 14.7 Å². The quantitative estimate of drug-likeness (QED) is 0.912. The number of carboxylic acid groups (broad SMARTS) is 1. The van der Waals surface area contributed by atoms with Crippen LogP contribution in [0.3, 0.4) is 0 Å². The predicted octanol–water partition coefficient (Wildman–Crippen LogP) is 1.75. The summed E-state index contributed by atoms with van der Waals surface area (Å²) in [6, 6.07) is 18.4. The van der Waals surface area contributed by atoms with Crippen LogP contribution in [-0.2, 0) is 9.59 Å². The lowest BCUT2D eigenvalue weighted by molar-refractivity contribution is -0.147. The molecule has 2 aliphatic rings. The molecule has 2 aliphatic heterocycles. The van der Waals surface area contributed by atoms with Crippen LogP contribution in [0.4, 0.5) is 0 Å². The van der Waals surface area contributed by atoms with E-state index in [2.05, 4.69) is 10.2 Å². The topological polar surface area (TPSA) is 85.6 Å². The van der Waals surface area contributed by atoms with Crippen molar-refractivity contribution in [3.63, 3.8) is 0 Å². The first kappa shape index (κ1) is 16.0. The second-order valence-electron chi connectivity index (χ2n) is 6.06. The van der Waals surface area contributed by atoms with E-state index in [-0.39, 0.29) is 5.91 Å². The van der Waals surface area contributed by atoms with E-state index in [9.17, 15) is 9.59 Å². The molecule has 1 amide bonds. The molecule has 7 heteroatoms. The van der Waals surface area contributed by atoms with Crippen LogP contribution in [0.15, 0.2) is 70.9 Å². The number of rotatable bonds is 4. The maximum absolute atomic E-state index is 12.7. The fourth-order valence-electron chi connectivity index (χ4n) is 3.10. The second-order valence-corrected chi connectivity index (χ2v) is 6.06. The third-order valence-corrected chi connectivity index (χ3v) is 4.31. The van der Waals surface area contributed by atoms with Crippen LogP contribution in [0.5, 0.6) is 0 Å². The Balaban J connectivity index is 1.76. The van der Waals surface area contributed by atoms with Gasteiger partial charge in [0.25, 0.3) is 5.91 Å². The Morgan fingerprint density at radius 1 is 1.00 bits per heavy atom. The number of hydrazone groups is 2. The van der Waals surface area contributed by atoms with Gasteiger partial charge in [0.05, 0.1) is 5.71 Å². The monoisotopic (exact) mass is 348 g/mol. The van der Waals surface area contributed by atoms with E-state index in [0.717, 1.165) is 21.8 Å². The molecule has 2 aromatic rings. The Labute approximate surface area is 149 Å². The molecule has 1 atom stereocenters. The van der Waals surface area contributed by atoms with Crippen molar-refractivity contribution in [2.75, 3.05) is 6.54 Å². The van der Waals surface area contributed by atoms with Gasteiger partial charge in [-0.15, -0.1) is 5.10 Å². The number of carbonyl (C=O) groups excluding carboxylic acids is 1. The van der Waals surface area contributed by atoms with Gasteiger partial charge in [0.1, 0.15) is 12.6 Å². The lowest BCUT2D eigenvalue weighted by Gasteiger charge is -2.32. The molecule has 0 aliphatic carbocycles. The summed E-state index contributed by atoms with van der Waals surface area (Å²) in [4.78, 5) is 23.9. The molecule has 2 aromatic carbocycles. The van der Waals surface area contributed by atoms with Crippen LogP contribution in [0.25, 0.3) is 0 Å². The average molecular weight is 348 g/mol. The number of benzene rings is 2. The van der Waals surface area contributed by atoms with Crippen LogP contribution in [-0.4, -0.2) is 51.1 Å². The van der Waals surface area contributed by atoms with E-state index >= 15 is 0 Å². The second kappa shape index (κ2) is 6.44. The Bertz CT molecular complexity index is 909. The molecule has 26 heavy (non-hydrogen) atoms. The number of fused-ring (bicyclic) bond motifs is 1. The Morgan fingerprint density at radius 2 is 1.62 bits per heavy atom. The molecular weight excluding hydrogens is 332 g/mol. The molecule has 1 N–H and O–H groups in total. The lowest BCUT2D eigenvalue weighted by atomic mass is 10.0. The number of hydrogen-bond acceptors (Lipinski definition) is 5. The van der Waals surface area contributed by atoms with Crippen molar-refractivity contribution in [3.8, 4) is 0 Å². The zero-order valence-corrected chi connectivity index (χ0v) is 13.8. The highest BCUT2D eigenvalue weighted by molar-refractivity contribution is 6.11. The van der Waals surface area contributed by atoms with Gasteiger partial charge in [0, 0.05) is 12.0 Å². The maximum atomic E-state index is 12.7. The summed E-state index contributed by atoms with van der Waals surface area (Å²) in [5.74, 6) is -0.991. The zero-order valence-electron chi connectivity index (χ0n) is 13.8. The van der Waals surface area contributed by atoms with Crippen LogP contribution in [0.2, 0.25) is 0 Å². The normalized spacial score (nSPS) is 19.1. The third-order valence-electron chi connectivity index (χ3n) is 4.31. The van der Waals surface area contributed by atoms with Crippen molar-refractivity contribution >= 4 is 23.4 Å². The fourth-order valence-corrected chi connectivity index (χ4v) is 3.10. The van der Waals surface area contributed by atoms with Crippen LogP contribution >= 0.6 is 0 Å². The molecule has 0 aromatic heterocycles. The summed E-state index contributed by atoms with van der Waals surface area (Å²) in [6.45, 7) is -0.472. The van der Waals surface area contributed by atoms with E-state index < -0.39 is 18.6 Å². The van der Waals surface area contributed by atoms with E-state index in [1.54, 1.807) is 5.01 Å². The van der Waals surface area contributed by atoms with E-state index in [0.29, 0.717) is 12.3 Å². The molecule has 4 rings (SSSR count). The van der Waals surface area contributed by atoms with Gasteiger partial charge in [-0.3, -0.25) is 9.59 Å². The SMILES string of the molecule is O=C(O)CN1N=C(c2ccccc2)N2N=C(c3ccccc3)CC2C1=O. The largest absolute Gasteiger partial charge is 0.480 e. The van der Waals surface area contributed by atoms with Crippen molar-refractivity contribution in [2.24, 2.45) is 10.2 Å². The minimum absolute atomic E-state index is 0.359. The third kappa shape index (κ3) is 2.83. The smallest absolute Gasteiger partial charge is 0.325 e. The molecule has 130 valence electrons. The van der Waals surface area contributed by atoms with E-state index in [4.69, 9.17) is 5.11 Å². The maximum Gasteiger partial charge on any atom is 0.325 e. The van der Waals surface area contributed by atoms with Gasteiger partial charge in [0.2, 0.25) is 0 Å². The standard InChI is InChI=1S/C19H16N4O3/c24-17(25)12-22-19(26)16-11-15(13-7-3-1-4-8-13)20-23(16)18(21-22)14-9-5-2-6-10-14/h1-10,16H,11-12H2,(H,24,25). The molecule has 0 radical (unpaired) electrons. The molecule has 1 unspecified atom stereocenters. The van der Waals surface area contributed by atoms with Gasteiger partial charge in [-0.2, -0.15) is 5.10 Å². The predicted molar refractivity (Wildman–Crippen MR) is 95.6 cm³/mol. The number of hydrogen-bond donors (Lipinski definition) is 1. The number of amides is 1. The van der Waals surface area contributed by atoms with Crippen LogP contribution in [0, 0.1) is 0 Å². The number of nitrogens with zero attached hydrogens (tertiary/aromatic N) is 4. The Kier molecular flexibility index (Phi) is 3.96. The Morgan fingerprint density at radius 3 is 2.23 bits per heavy atom. The lowest BCUT2D eigenvalue weighted by Crippen LogP contribution is -2.52. The minimum Gasteiger partial charge on any atom is -0.480 e. The first-order valence-corrected chi connectivity index (χ1v) is 8.23. The number of amidine groups is 1. The number of carbonyl (C=O) groups is 2. The van der Waals surface area contributed by atoms with Gasteiger partial charge in [0.15, 0.2) is 5.84 Å². The fraction of sp³-hybridized carbons (Fsp3) is 0.158. The van der Waals surface area contributed by atoms with Gasteiger partial charge in [-0.1, -0.05) is 60.7 Å². The van der Waals surface area contributed by atoms with E-state index in [1.807, 2.05) is 60.7 Å². The summed E-state index contributed by atoms with van der Waals surface area (Å²) in [5.41, 5.74) is 2.50. The minimum atomic E-state index is -1.11. The highest BCUT2D eigenvalue weighted by atomic mass is 16.4. The van der Waals surface area contributed by atoms with Crippen LogP contribution < -0.4 is 0 Å². The number of carboxylic acids is 1. The highest BCUT2D eigenvalue weighted by Crippen LogP contribution is 2.27.